The third-order valence-electron chi connectivity index (χ3n) is 2.71. The Morgan fingerprint density at radius 1 is 1.21 bits per heavy atom. The molecule has 2 aromatic rings. The van der Waals surface area contributed by atoms with Crippen LogP contribution in [0.2, 0.25) is 0 Å². The van der Waals surface area contributed by atoms with E-state index in [9.17, 15) is 4.79 Å². The number of aryl methyl sites for hydroxylation is 2. The Hall–Kier alpha value is -2.21. The van der Waals surface area contributed by atoms with E-state index < -0.39 is 5.97 Å². The molecule has 0 spiro atoms. The van der Waals surface area contributed by atoms with Crippen molar-refractivity contribution in [3.8, 4) is 0 Å². The topological polar surface area (TPSA) is 96.5 Å². The summed E-state index contributed by atoms with van der Waals surface area (Å²) in [5, 5.41) is 21.2. The van der Waals surface area contributed by atoms with E-state index in [1.165, 1.54) is 0 Å². The van der Waals surface area contributed by atoms with E-state index in [0.29, 0.717) is 18.1 Å². The van der Waals surface area contributed by atoms with Gasteiger partial charge in [0.25, 0.3) is 0 Å². The van der Waals surface area contributed by atoms with E-state index in [2.05, 4.69) is 10.1 Å². The third-order valence-corrected chi connectivity index (χ3v) is 2.71. The molecule has 0 saturated heterocycles. The zero-order valence-corrected chi connectivity index (χ0v) is 10.2. The predicted molar refractivity (Wildman–Crippen MR) is 65.6 cm³/mol. The first-order valence-corrected chi connectivity index (χ1v) is 5.93. The molecule has 0 aliphatic carbocycles. The van der Waals surface area contributed by atoms with Crippen LogP contribution >= 0.6 is 0 Å². The van der Waals surface area contributed by atoms with E-state index in [1.54, 1.807) is 24.3 Å². The molecule has 0 radical (unpaired) electrons. The number of aromatic nitrogens is 2. The van der Waals surface area contributed by atoms with Crippen LogP contribution in [0.15, 0.2) is 28.8 Å². The lowest BCUT2D eigenvalue weighted by Crippen LogP contribution is -1.96. The Balaban J connectivity index is 1.83. The number of aliphatic hydroxyl groups is 1. The number of nitrogens with zero attached hydrogens (tertiary/aromatic N) is 2. The van der Waals surface area contributed by atoms with Crippen LogP contribution in [0.5, 0.6) is 0 Å². The molecule has 1 aromatic heterocycles. The van der Waals surface area contributed by atoms with E-state index >= 15 is 0 Å². The Morgan fingerprint density at radius 2 is 1.95 bits per heavy atom. The normalized spacial score (nSPS) is 10.6. The molecular formula is C13H14N2O4. The summed E-state index contributed by atoms with van der Waals surface area (Å²) >= 11 is 0. The Morgan fingerprint density at radius 3 is 2.53 bits per heavy atom. The molecule has 0 unspecified atom stereocenters. The number of benzene rings is 1. The monoisotopic (exact) mass is 262 g/mol. The molecule has 2 N–H and O–H groups in total. The van der Waals surface area contributed by atoms with Crippen LogP contribution in [0.1, 0.15) is 34.1 Å². The predicted octanol–water partition coefficient (Wildman–Crippen LogP) is 1.44. The second kappa shape index (κ2) is 6.10. The minimum Gasteiger partial charge on any atom is -0.478 e. The summed E-state index contributed by atoms with van der Waals surface area (Å²) in [6.07, 6.45) is 2.25. The van der Waals surface area contributed by atoms with Crippen LogP contribution in [-0.2, 0) is 19.4 Å². The average molecular weight is 262 g/mol. The first-order chi connectivity index (χ1) is 9.19. The van der Waals surface area contributed by atoms with Gasteiger partial charge < -0.3 is 14.7 Å². The molecule has 0 aliphatic heterocycles. The number of hydrogen-bond donors (Lipinski definition) is 2. The second-order valence-corrected chi connectivity index (χ2v) is 4.12. The van der Waals surface area contributed by atoms with Crippen molar-refractivity contribution in [3.05, 3.63) is 47.1 Å². The lowest BCUT2D eigenvalue weighted by molar-refractivity contribution is 0.0697. The molecule has 0 bridgehead atoms. The van der Waals surface area contributed by atoms with Gasteiger partial charge >= 0.3 is 5.97 Å². The van der Waals surface area contributed by atoms with Gasteiger partial charge in [0, 0.05) is 6.42 Å². The van der Waals surface area contributed by atoms with Gasteiger partial charge in [-0.05, 0) is 30.5 Å². The fourth-order valence-corrected chi connectivity index (χ4v) is 1.71. The van der Waals surface area contributed by atoms with Crippen molar-refractivity contribution in [3.63, 3.8) is 0 Å². The number of carboxylic acids is 1. The molecular weight excluding hydrogens is 248 g/mol. The zero-order valence-electron chi connectivity index (χ0n) is 10.2. The largest absolute Gasteiger partial charge is 0.478 e. The second-order valence-electron chi connectivity index (χ2n) is 4.12. The van der Waals surface area contributed by atoms with Crippen molar-refractivity contribution < 1.29 is 19.5 Å². The number of aromatic carboxylic acids is 1. The number of aliphatic hydroxyl groups excluding tert-OH is 1. The quantitative estimate of drug-likeness (QED) is 0.817. The number of carboxylic acid groups (broad SMARTS) is 1. The molecule has 19 heavy (non-hydrogen) atoms. The number of carbonyl (C=O) groups is 1. The van der Waals surface area contributed by atoms with Crippen LogP contribution in [0.25, 0.3) is 0 Å². The lowest BCUT2D eigenvalue weighted by atomic mass is 10.1. The molecule has 0 fully saturated rings. The SMILES string of the molecule is O=C(O)c1ccc(CCCc2nc(CO)no2)cc1. The summed E-state index contributed by atoms with van der Waals surface area (Å²) in [5.41, 5.74) is 1.35. The van der Waals surface area contributed by atoms with Gasteiger partial charge in [-0.3, -0.25) is 0 Å². The van der Waals surface area contributed by atoms with Crippen molar-refractivity contribution in [1.82, 2.24) is 10.1 Å². The first kappa shape index (κ1) is 13.2. The van der Waals surface area contributed by atoms with E-state index in [1.807, 2.05) is 0 Å². The van der Waals surface area contributed by atoms with Crippen molar-refractivity contribution in [2.24, 2.45) is 0 Å². The third kappa shape index (κ3) is 3.62. The maximum atomic E-state index is 10.7. The van der Waals surface area contributed by atoms with Gasteiger partial charge in [-0.1, -0.05) is 17.3 Å². The van der Waals surface area contributed by atoms with Crippen LogP contribution in [-0.4, -0.2) is 26.3 Å². The zero-order chi connectivity index (χ0) is 13.7. The van der Waals surface area contributed by atoms with E-state index in [0.717, 1.165) is 18.4 Å². The van der Waals surface area contributed by atoms with Gasteiger partial charge in [0.2, 0.25) is 5.89 Å². The molecule has 100 valence electrons. The summed E-state index contributed by atoms with van der Waals surface area (Å²) in [7, 11) is 0. The molecule has 0 amide bonds. The summed E-state index contributed by atoms with van der Waals surface area (Å²) in [6.45, 7) is -0.222. The fourth-order valence-electron chi connectivity index (χ4n) is 1.71. The molecule has 0 saturated carbocycles. The molecule has 0 atom stereocenters. The maximum absolute atomic E-state index is 10.7. The minimum atomic E-state index is -0.922. The van der Waals surface area contributed by atoms with Crippen LogP contribution in [0.4, 0.5) is 0 Å². The Labute approximate surface area is 109 Å². The summed E-state index contributed by atoms with van der Waals surface area (Å²) in [5.74, 6) is -0.124. The van der Waals surface area contributed by atoms with Gasteiger partial charge in [0.15, 0.2) is 5.82 Å². The average Bonchev–Trinajstić information content (AvgIpc) is 2.87. The highest BCUT2D eigenvalue weighted by molar-refractivity contribution is 5.87. The van der Waals surface area contributed by atoms with Crippen LogP contribution in [0, 0.1) is 0 Å². The summed E-state index contributed by atoms with van der Waals surface area (Å²) in [6, 6.07) is 6.79. The fraction of sp³-hybridized carbons (Fsp3) is 0.308. The number of hydrogen-bond acceptors (Lipinski definition) is 5. The highest BCUT2D eigenvalue weighted by atomic mass is 16.5. The molecule has 2 rings (SSSR count). The maximum Gasteiger partial charge on any atom is 0.335 e. The molecule has 0 aliphatic rings. The number of rotatable bonds is 6. The minimum absolute atomic E-state index is 0.222. The molecule has 1 aromatic carbocycles. The first-order valence-electron chi connectivity index (χ1n) is 5.93. The summed E-state index contributed by atoms with van der Waals surface area (Å²) < 4.78 is 4.95. The van der Waals surface area contributed by atoms with Crippen LogP contribution in [0.3, 0.4) is 0 Å². The Bertz CT molecular complexity index is 548. The highest BCUT2D eigenvalue weighted by Gasteiger charge is 2.05. The van der Waals surface area contributed by atoms with Crippen molar-refractivity contribution in [2.75, 3.05) is 0 Å². The van der Waals surface area contributed by atoms with Crippen molar-refractivity contribution in [2.45, 2.75) is 25.9 Å². The molecule has 1 heterocycles. The van der Waals surface area contributed by atoms with E-state index in [-0.39, 0.29) is 12.2 Å². The van der Waals surface area contributed by atoms with Gasteiger partial charge in [0.05, 0.1) is 5.56 Å². The van der Waals surface area contributed by atoms with Crippen molar-refractivity contribution >= 4 is 5.97 Å². The smallest absolute Gasteiger partial charge is 0.335 e. The van der Waals surface area contributed by atoms with Gasteiger partial charge in [-0.2, -0.15) is 4.98 Å². The van der Waals surface area contributed by atoms with Crippen LogP contribution < -0.4 is 0 Å². The standard InChI is InChI=1S/C13H14N2O4/c16-8-11-14-12(19-15-11)3-1-2-9-4-6-10(7-5-9)13(17)18/h4-7,16H,1-3,8H2,(H,17,18). The van der Waals surface area contributed by atoms with Gasteiger partial charge in [-0.25, -0.2) is 4.79 Å². The molecule has 6 nitrogen and oxygen atoms in total. The van der Waals surface area contributed by atoms with Gasteiger partial charge in [-0.15, -0.1) is 0 Å². The molecule has 6 heteroatoms. The van der Waals surface area contributed by atoms with Crippen molar-refractivity contribution in [1.29, 1.82) is 0 Å². The van der Waals surface area contributed by atoms with E-state index in [4.69, 9.17) is 14.7 Å². The lowest BCUT2D eigenvalue weighted by Gasteiger charge is -2.00. The van der Waals surface area contributed by atoms with Gasteiger partial charge in [0.1, 0.15) is 6.61 Å². The summed E-state index contributed by atoms with van der Waals surface area (Å²) in [4.78, 5) is 14.7. The Kier molecular flexibility index (Phi) is 4.25. The highest BCUT2D eigenvalue weighted by Crippen LogP contribution is 2.09.